The molecular formula is H8O6U. The van der Waals surface area contributed by atoms with Gasteiger partial charge in [0, 0.05) is 0 Å². The maximum absolute atomic E-state index is 8.58. The van der Waals surface area contributed by atoms with Gasteiger partial charge in [0.1, 0.15) is 0 Å². The summed E-state index contributed by atoms with van der Waals surface area (Å²) in [5.41, 5.74) is 0. The second kappa shape index (κ2) is 88.0. The van der Waals surface area contributed by atoms with E-state index in [4.69, 9.17) is 4.47 Å². The van der Waals surface area contributed by atoms with Crippen LogP contribution in [0.5, 0.6) is 0 Å². The topological polar surface area (TPSA) is 160 Å². The van der Waals surface area contributed by atoms with Gasteiger partial charge < -0.3 is 21.9 Å². The fourth-order valence-corrected chi connectivity index (χ4v) is 0. The van der Waals surface area contributed by atoms with E-state index in [1.165, 1.54) is 0 Å². The van der Waals surface area contributed by atoms with Crippen LogP contribution in [-0.2, 0) is 4.47 Å². The van der Waals surface area contributed by atoms with E-state index in [0.29, 0.717) is 0 Å². The first-order valence-electron chi connectivity index (χ1n) is 0.408. The Kier molecular flexibility index (Phi) is 639. The van der Waals surface area contributed by atoms with Crippen molar-refractivity contribution in [3.63, 3.8) is 0 Å². The third kappa shape index (κ3) is 541. The molecule has 0 bridgehead atoms. The van der Waals surface area contributed by atoms with Crippen LogP contribution >= 0.6 is 0 Å². The molecule has 7 heavy (non-hydrogen) atoms. The van der Waals surface area contributed by atoms with E-state index in [9.17, 15) is 0 Å². The van der Waals surface area contributed by atoms with Gasteiger partial charge in [-0.05, 0) is 0 Å². The summed E-state index contributed by atoms with van der Waals surface area (Å²) in [4.78, 5) is 0. The van der Waals surface area contributed by atoms with Crippen molar-refractivity contribution >= 4 is 0 Å². The van der Waals surface area contributed by atoms with Crippen LogP contribution in [0.25, 0.3) is 0 Å². The Morgan fingerprint density at radius 1 is 0.714 bits per heavy atom. The van der Waals surface area contributed by atoms with E-state index in [1.54, 1.807) is 0 Å². The number of hydrogen-bond acceptors (Lipinski definition) is 2. The van der Waals surface area contributed by atoms with E-state index >= 15 is 0 Å². The first-order valence-corrected chi connectivity index (χ1v) is 3.81. The Bertz CT molecular complexity index is 25.2. The second-order valence-electron chi connectivity index (χ2n) is 0.0833. The molecule has 0 rings (SSSR count). The summed E-state index contributed by atoms with van der Waals surface area (Å²) in [6.45, 7) is 0. The van der Waals surface area contributed by atoms with Crippen molar-refractivity contribution in [3.05, 3.63) is 0 Å². The van der Waals surface area contributed by atoms with E-state index in [0.717, 1.165) is 0 Å². The number of hydrogen-bond donors (Lipinski definition) is 0. The van der Waals surface area contributed by atoms with E-state index in [-0.39, 0.29) is 21.9 Å². The summed E-state index contributed by atoms with van der Waals surface area (Å²) < 4.78 is 17.2. The molecule has 0 unspecified atom stereocenters. The molecule has 0 saturated heterocycles. The maximum atomic E-state index is 8.58. The van der Waals surface area contributed by atoms with E-state index in [2.05, 4.69) is 0 Å². The Morgan fingerprint density at radius 2 is 0.714 bits per heavy atom. The van der Waals surface area contributed by atoms with Gasteiger partial charge in [-0.15, -0.1) is 0 Å². The van der Waals surface area contributed by atoms with Crippen LogP contribution in [-0.4, -0.2) is 21.9 Å². The average molecular weight is 342 g/mol. The molecule has 0 radical (unpaired) electrons. The molecule has 0 amide bonds. The van der Waals surface area contributed by atoms with Crippen molar-refractivity contribution in [2.75, 3.05) is 0 Å². The van der Waals surface area contributed by atoms with Crippen LogP contribution in [0.1, 0.15) is 0 Å². The summed E-state index contributed by atoms with van der Waals surface area (Å²) in [5.74, 6) is 0. The van der Waals surface area contributed by atoms with Crippen molar-refractivity contribution in [1.82, 2.24) is 0 Å². The molecule has 0 aromatic heterocycles. The van der Waals surface area contributed by atoms with Crippen LogP contribution < -0.4 is 0 Å². The molecule has 7 heteroatoms. The van der Waals surface area contributed by atoms with Crippen molar-refractivity contribution in [2.45, 2.75) is 0 Å². The Hall–Kier alpha value is 0.492. The molecule has 0 spiro atoms. The molecular weight excluding hydrogens is 334 g/mol. The van der Waals surface area contributed by atoms with Gasteiger partial charge in [0.05, 0.1) is 0 Å². The molecule has 0 heterocycles. The summed E-state index contributed by atoms with van der Waals surface area (Å²) in [6.07, 6.45) is 0. The molecule has 0 aromatic rings. The molecule has 0 aliphatic heterocycles. The zero-order chi connectivity index (χ0) is 2.71. The molecule has 8 N–H and O–H groups in total. The summed E-state index contributed by atoms with van der Waals surface area (Å²) in [5, 5.41) is 0. The summed E-state index contributed by atoms with van der Waals surface area (Å²) >= 11 is -2.51. The van der Waals surface area contributed by atoms with Crippen molar-refractivity contribution < 1.29 is 54.2 Å². The van der Waals surface area contributed by atoms with Crippen LogP contribution in [0, 0.1) is 27.8 Å². The van der Waals surface area contributed by atoms with Crippen molar-refractivity contribution in [1.29, 1.82) is 0 Å². The summed E-state index contributed by atoms with van der Waals surface area (Å²) in [6, 6.07) is 0. The molecule has 0 aliphatic rings. The molecule has 6 nitrogen and oxygen atoms in total. The van der Waals surface area contributed by atoms with Gasteiger partial charge in [-0.3, -0.25) is 0 Å². The van der Waals surface area contributed by atoms with Crippen LogP contribution in [0.3, 0.4) is 0 Å². The molecule has 48 valence electrons. The predicted octanol–water partition coefficient (Wildman–Crippen LogP) is -3.54. The van der Waals surface area contributed by atoms with E-state index in [1.807, 2.05) is 0 Å². The molecule has 0 fully saturated rings. The quantitative estimate of drug-likeness (QED) is 0.446. The fourth-order valence-electron chi connectivity index (χ4n) is 0. The van der Waals surface area contributed by atoms with Gasteiger partial charge in [0.15, 0.2) is 0 Å². The summed E-state index contributed by atoms with van der Waals surface area (Å²) in [7, 11) is 0. The van der Waals surface area contributed by atoms with Gasteiger partial charge in [-0.2, -0.15) is 0 Å². The predicted molar refractivity (Wildman–Crippen MR) is 15.8 cm³/mol. The first kappa shape index (κ1) is 50.8. The van der Waals surface area contributed by atoms with Gasteiger partial charge in [-0.1, -0.05) is 0 Å². The van der Waals surface area contributed by atoms with Gasteiger partial charge in [-0.25, -0.2) is 0 Å². The number of rotatable bonds is 0. The normalized spacial score (nSPS) is 1.14. The van der Waals surface area contributed by atoms with Crippen molar-refractivity contribution in [3.8, 4) is 0 Å². The van der Waals surface area contributed by atoms with Crippen molar-refractivity contribution in [2.24, 2.45) is 0 Å². The molecule has 0 aromatic carbocycles. The monoisotopic (exact) mass is 342 g/mol. The third-order valence-corrected chi connectivity index (χ3v) is 0. The van der Waals surface area contributed by atoms with Gasteiger partial charge >= 0.3 is 32.3 Å². The zero-order valence-electron chi connectivity index (χ0n) is 3.32. The van der Waals surface area contributed by atoms with Gasteiger partial charge in [0.25, 0.3) is 0 Å². The molecule has 0 aliphatic carbocycles. The molecule has 0 saturated carbocycles. The molecule has 0 atom stereocenters. The van der Waals surface area contributed by atoms with E-state index < -0.39 is 27.8 Å². The Labute approximate surface area is 54.4 Å². The van der Waals surface area contributed by atoms with Gasteiger partial charge in [0.2, 0.25) is 0 Å². The zero-order valence-corrected chi connectivity index (χ0v) is 7.48. The van der Waals surface area contributed by atoms with Crippen LogP contribution in [0.4, 0.5) is 0 Å². The van der Waals surface area contributed by atoms with Crippen LogP contribution in [0.15, 0.2) is 0 Å². The Balaban J connectivity index is -0.00000000333. The minimum atomic E-state index is -2.51. The standard InChI is InChI=1S/4H2O.2O.U/h4*1H2;;;. The SMILES string of the molecule is O.O.O.O.[O]=[U]=[O]. The fraction of sp³-hybridized carbons (Fsp3) is 0. The average Bonchev–Trinajstić information content (AvgIpc) is 0.918. The second-order valence-corrected chi connectivity index (χ2v) is 0.777. The minimum absolute atomic E-state index is 0. The third-order valence-electron chi connectivity index (χ3n) is 0. The Morgan fingerprint density at radius 3 is 0.714 bits per heavy atom. The first-order chi connectivity index (χ1) is 1.41. The van der Waals surface area contributed by atoms with Crippen LogP contribution in [0.2, 0.25) is 0 Å².